The molecule has 0 aromatic heterocycles. The van der Waals surface area contributed by atoms with Crippen LogP contribution in [0.1, 0.15) is 49.7 Å². The first-order valence-corrected chi connectivity index (χ1v) is 17.5. The molecule has 1 aliphatic carbocycles. The van der Waals surface area contributed by atoms with Gasteiger partial charge in [0.15, 0.2) is 0 Å². The van der Waals surface area contributed by atoms with E-state index in [0.717, 1.165) is 36.6 Å². The average Bonchev–Trinajstić information content (AvgIpc) is 3.62. The number of carbonyl (C=O) groups is 2. The average molecular weight is 665 g/mol. The quantitative estimate of drug-likeness (QED) is 0.185. The minimum absolute atomic E-state index is 0.0302. The number of anilines is 1. The molecule has 1 aliphatic heterocycles. The second-order valence-corrected chi connectivity index (χ2v) is 14.4. The van der Waals surface area contributed by atoms with E-state index in [2.05, 4.69) is 5.32 Å². The molecule has 0 bridgehead atoms. The number of benzene rings is 4. The molecule has 234 valence electrons. The molecule has 0 radical (unpaired) electrons. The molecular weight excluding hydrogens is 629 g/mol. The van der Waals surface area contributed by atoms with Crippen molar-refractivity contribution < 1.29 is 18.0 Å². The Balaban J connectivity index is 1.27. The van der Waals surface area contributed by atoms with Gasteiger partial charge in [0.25, 0.3) is 10.0 Å². The number of hydrogen-bond acceptors (Lipinski definition) is 4. The fraction of sp³-hybridized carbons (Fsp3) is 0.314. The molecule has 0 unspecified atom stereocenters. The summed E-state index contributed by atoms with van der Waals surface area (Å²) in [5, 5.41) is 5.56. The molecule has 0 saturated heterocycles. The maximum Gasteiger partial charge on any atom is 0.265 e. The molecule has 1 heterocycles. The van der Waals surface area contributed by atoms with Crippen LogP contribution < -0.4 is 9.62 Å². The maximum atomic E-state index is 14.2. The molecule has 2 amide bonds. The first-order chi connectivity index (χ1) is 21.7. The minimum atomic E-state index is -3.75. The Kier molecular flexibility index (Phi) is 9.36. The number of hydrogen-bond donors (Lipinski definition) is 1. The van der Waals surface area contributed by atoms with Crippen LogP contribution in [0, 0.1) is 0 Å². The number of rotatable bonds is 11. The van der Waals surface area contributed by atoms with E-state index in [1.807, 2.05) is 48.5 Å². The lowest BCUT2D eigenvalue weighted by Crippen LogP contribution is -2.52. The van der Waals surface area contributed by atoms with Crippen molar-refractivity contribution in [3.63, 3.8) is 0 Å². The highest BCUT2D eigenvalue weighted by atomic mass is 35.5. The molecule has 4 aromatic carbocycles. The standard InChI is InChI=1S/C35H35Cl2N3O4S/c36-28-16-8-17-29(37)27(28)23-39(31(22-24-10-2-1-3-11-24)35(42)38-26-14-4-5-15-26)33(41)20-9-21-40-30-18-6-12-25-13-7-19-32(34(25)30)45(40,43)44/h1-3,6-8,10-13,16-19,26,31H,4-5,9,14-15,20-23H2,(H,38,42)/t31-/m1/s1. The van der Waals surface area contributed by atoms with E-state index in [9.17, 15) is 18.0 Å². The monoisotopic (exact) mass is 663 g/mol. The summed E-state index contributed by atoms with van der Waals surface area (Å²) in [5.74, 6) is -0.493. The normalized spacial score (nSPS) is 16.2. The SMILES string of the molecule is O=C(NC1CCCC1)[C@@H](Cc1ccccc1)N(Cc1c(Cl)cccc1Cl)C(=O)CCCN1c2cccc3cccc(c23)S1(=O)=O. The van der Waals surface area contributed by atoms with Gasteiger partial charge in [0.2, 0.25) is 11.8 Å². The topological polar surface area (TPSA) is 86.8 Å². The zero-order chi connectivity index (χ0) is 31.6. The lowest BCUT2D eigenvalue weighted by molar-refractivity contribution is -0.141. The van der Waals surface area contributed by atoms with Gasteiger partial charge in [0.1, 0.15) is 6.04 Å². The highest BCUT2D eigenvalue weighted by molar-refractivity contribution is 7.93. The summed E-state index contributed by atoms with van der Waals surface area (Å²) in [7, 11) is -3.75. The van der Waals surface area contributed by atoms with Crippen LogP contribution in [0.15, 0.2) is 89.8 Å². The summed E-state index contributed by atoms with van der Waals surface area (Å²) in [6.07, 6.45) is 4.54. The lowest BCUT2D eigenvalue weighted by atomic mass is 10.0. The molecule has 1 N–H and O–H groups in total. The van der Waals surface area contributed by atoms with E-state index in [0.29, 0.717) is 33.1 Å². The second-order valence-electron chi connectivity index (χ2n) is 11.7. The number of nitrogens with one attached hydrogen (secondary N) is 1. The van der Waals surface area contributed by atoms with E-state index >= 15 is 0 Å². The van der Waals surface area contributed by atoms with Gasteiger partial charge in [-0.25, -0.2) is 8.42 Å². The molecule has 6 rings (SSSR count). The molecule has 0 spiro atoms. The van der Waals surface area contributed by atoms with Crippen molar-refractivity contribution in [3.8, 4) is 0 Å². The van der Waals surface area contributed by atoms with Gasteiger partial charge in [-0.15, -0.1) is 0 Å². The number of amides is 2. The smallest absolute Gasteiger partial charge is 0.265 e. The van der Waals surface area contributed by atoms with E-state index in [-0.39, 0.29) is 48.7 Å². The van der Waals surface area contributed by atoms with E-state index in [1.165, 1.54) is 4.31 Å². The molecule has 4 aromatic rings. The summed E-state index contributed by atoms with van der Waals surface area (Å²) in [6, 6.07) is 24.8. The Morgan fingerprint density at radius 2 is 1.56 bits per heavy atom. The van der Waals surface area contributed by atoms with Gasteiger partial charge < -0.3 is 10.2 Å². The number of sulfonamides is 1. The molecule has 7 nitrogen and oxygen atoms in total. The predicted molar refractivity (Wildman–Crippen MR) is 179 cm³/mol. The Bertz CT molecular complexity index is 1800. The number of halogens is 2. The number of nitrogens with zero attached hydrogens (tertiary/aromatic N) is 2. The van der Waals surface area contributed by atoms with Crippen LogP contribution in [0.3, 0.4) is 0 Å². The summed E-state index contributed by atoms with van der Waals surface area (Å²) in [4.78, 5) is 30.0. The predicted octanol–water partition coefficient (Wildman–Crippen LogP) is 7.13. The third kappa shape index (κ3) is 6.55. The first-order valence-electron chi connectivity index (χ1n) is 15.3. The minimum Gasteiger partial charge on any atom is -0.352 e. The summed E-state index contributed by atoms with van der Waals surface area (Å²) >= 11 is 13.1. The largest absolute Gasteiger partial charge is 0.352 e. The third-order valence-corrected chi connectivity index (χ3v) is 11.4. The Morgan fingerprint density at radius 1 is 0.889 bits per heavy atom. The van der Waals surface area contributed by atoms with Gasteiger partial charge in [0.05, 0.1) is 10.6 Å². The van der Waals surface area contributed by atoms with Crippen molar-refractivity contribution in [1.29, 1.82) is 0 Å². The molecule has 10 heteroatoms. The van der Waals surface area contributed by atoms with Crippen LogP contribution in [0.5, 0.6) is 0 Å². The third-order valence-electron chi connectivity index (χ3n) is 8.80. The van der Waals surface area contributed by atoms with Gasteiger partial charge in [-0.2, -0.15) is 0 Å². The van der Waals surface area contributed by atoms with Crippen LogP contribution in [0.2, 0.25) is 10.0 Å². The van der Waals surface area contributed by atoms with Crippen LogP contribution in [0.25, 0.3) is 10.8 Å². The molecule has 45 heavy (non-hydrogen) atoms. The van der Waals surface area contributed by atoms with Crippen LogP contribution in [-0.2, 0) is 32.6 Å². The first kappa shape index (κ1) is 31.4. The molecule has 1 saturated carbocycles. The van der Waals surface area contributed by atoms with Crippen LogP contribution in [0.4, 0.5) is 5.69 Å². The van der Waals surface area contributed by atoms with Crippen molar-refractivity contribution >= 4 is 61.5 Å². The van der Waals surface area contributed by atoms with E-state index in [1.54, 1.807) is 41.3 Å². The van der Waals surface area contributed by atoms with Crippen molar-refractivity contribution in [1.82, 2.24) is 10.2 Å². The van der Waals surface area contributed by atoms with Gasteiger partial charge in [0, 0.05) is 53.0 Å². The second kappa shape index (κ2) is 13.4. The number of carbonyl (C=O) groups excluding carboxylic acids is 2. The fourth-order valence-corrected chi connectivity index (χ4v) is 8.76. The van der Waals surface area contributed by atoms with Crippen molar-refractivity contribution in [2.45, 2.75) is 68.5 Å². The van der Waals surface area contributed by atoms with Crippen LogP contribution in [-0.4, -0.2) is 43.8 Å². The van der Waals surface area contributed by atoms with Gasteiger partial charge in [-0.05, 0) is 54.5 Å². The lowest BCUT2D eigenvalue weighted by Gasteiger charge is -2.33. The zero-order valence-corrected chi connectivity index (χ0v) is 27.1. The van der Waals surface area contributed by atoms with Gasteiger partial charge in [-0.1, -0.05) is 96.7 Å². The van der Waals surface area contributed by atoms with E-state index in [4.69, 9.17) is 23.2 Å². The van der Waals surface area contributed by atoms with E-state index < -0.39 is 16.1 Å². The Labute approximate surface area is 274 Å². The fourth-order valence-electron chi connectivity index (χ4n) is 6.49. The molecule has 2 aliphatic rings. The van der Waals surface area contributed by atoms with Crippen molar-refractivity contribution in [2.24, 2.45) is 0 Å². The molecule has 1 fully saturated rings. The van der Waals surface area contributed by atoms with Crippen molar-refractivity contribution in [3.05, 3.63) is 106 Å². The Morgan fingerprint density at radius 3 is 2.27 bits per heavy atom. The van der Waals surface area contributed by atoms with Gasteiger partial charge in [-0.3, -0.25) is 13.9 Å². The summed E-state index contributed by atoms with van der Waals surface area (Å²) in [5.41, 5.74) is 2.10. The van der Waals surface area contributed by atoms with Gasteiger partial charge >= 0.3 is 0 Å². The van der Waals surface area contributed by atoms with Crippen LogP contribution >= 0.6 is 23.2 Å². The highest BCUT2D eigenvalue weighted by Gasteiger charge is 2.36. The summed E-state index contributed by atoms with van der Waals surface area (Å²) in [6.45, 7) is 0.167. The molecule has 1 atom stereocenters. The molecular formula is C35H35Cl2N3O4S. The maximum absolute atomic E-state index is 14.2. The highest BCUT2D eigenvalue weighted by Crippen LogP contribution is 2.42. The summed E-state index contributed by atoms with van der Waals surface area (Å²) < 4.78 is 28.4. The zero-order valence-electron chi connectivity index (χ0n) is 24.8. The van der Waals surface area contributed by atoms with Crippen molar-refractivity contribution in [2.75, 3.05) is 10.8 Å². The Hall–Kier alpha value is -3.59.